The molecule has 2 unspecified atom stereocenters. The number of nitrogens with zero attached hydrogens (tertiary/aromatic N) is 1. The zero-order chi connectivity index (χ0) is 13.8. The van der Waals surface area contributed by atoms with Gasteiger partial charge in [-0.25, -0.2) is 0 Å². The number of hydrogen-bond acceptors (Lipinski definition) is 4. The first-order valence-corrected chi connectivity index (χ1v) is 6.92. The van der Waals surface area contributed by atoms with Crippen LogP contribution in [-0.2, 0) is 12.8 Å². The number of para-hydroxylation sites is 1. The molecule has 0 bridgehead atoms. The highest BCUT2D eigenvalue weighted by Gasteiger charge is 2.26. The van der Waals surface area contributed by atoms with Gasteiger partial charge in [0.25, 0.3) is 0 Å². The largest absolute Gasteiger partial charge is 0.493 e. The molecule has 4 heteroatoms. The number of fused-ring (bicyclic) bond motifs is 1. The van der Waals surface area contributed by atoms with Crippen LogP contribution in [0.4, 0.5) is 0 Å². The van der Waals surface area contributed by atoms with Gasteiger partial charge in [-0.05, 0) is 42.2 Å². The standard InChI is InChI=1S/C16H19N3O/c17-19-15(9-12-5-7-18-8-6-12)14-10-13-3-1-2-4-16(13)20-11-14/h1-8,14-15,19H,9-11,17H2. The molecule has 0 saturated heterocycles. The van der Waals surface area contributed by atoms with Crippen molar-refractivity contribution in [3.63, 3.8) is 0 Å². The van der Waals surface area contributed by atoms with Crippen LogP contribution in [-0.4, -0.2) is 17.6 Å². The molecule has 0 aliphatic carbocycles. The van der Waals surface area contributed by atoms with Crippen LogP contribution < -0.4 is 16.0 Å². The molecule has 4 nitrogen and oxygen atoms in total. The van der Waals surface area contributed by atoms with E-state index in [-0.39, 0.29) is 6.04 Å². The van der Waals surface area contributed by atoms with E-state index in [0.29, 0.717) is 12.5 Å². The quantitative estimate of drug-likeness (QED) is 0.655. The molecular weight excluding hydrogens is 250 g/mol. The smallest absolute Gasteiger partial charge is 0.122 e. The molecule has 1 aromatic heterocycles. The first-order valence-electron chi connectivity index (χ1n) is 6.92. The Morgan fingerprint density at radius 3 is 2.85 bits per heavy atom. The lowest BCUT2D eigenvalue weighted by Gasteiger charge is -2.31. The van der Waals surface area contributed by atoms with Crippen LogP contribution in [0.5, 0.6) is 5.75 Å². The summed E-state index contributed by atoms with van der Waals surface area (Å²) >= 11 is 0. The van der Waals surface area contributed by atoms with Crippen LogP contribution in [0.3, 0.4) is 0 Å². The molecule has 3 N–H and O–H groups in total. The summed E-state index contributed by atoms with van der Waals surface area (Å²) in [6.07, 6.45) is 5.51. The van der Waals surface area contributed by atoms with Crippen molar-refractivity contribution >= 4 is 0 Å². The zero-order valence-corrected chi connectivity index (χ0v) is 11.3. The van der Waals surface area contributed by atoms with Crippen LogP contribution in [0.2, 0.25) is 0 Å². The van der Waals surface area contributed by atoms with Crippen molar-refractivity contribution in [1.29, 1.82) is 0 Å². The van der Waals surface area contributed by atoms with E-state index in [1.165, 1.54) is 11.1 Å². The molecule has 0 radical (unpaired) electrons. The molecule has 2 aromatic rings. The summed E-state index contributed by atoms with van der Waals surface area (Å²) in [5, 5.41) is 0. The summed E-state index contributed by atoms with van der Waals surface area (Å²) in [5.41, 5.74) is 5.45. The minimum absolute atomic E-state index is 0.200. The Kier molecular flexibility index (Phi) is 3.95. The number of benzene rings is 1. The minimum Gasteiger partial charge on any atom is -0.493 e. The Morgan fingerprint density at radius 2 is 2.05 bits per heavy atom. The fraction of sp³-hybridized carbons (Fsp3) is 0.312. The van der Waals surface area contributed by atoms with Crippen molar-refractivity contribution in [3.8, 4) is 5.75 Å². The Labute approximate surface area is 119 Å². The van der Waals surface area contributed by atoms with E-state index in [0.717, 1.165) is 18.6 Å². The third kappa shape index (κ3) is 2.81. The molecule has 104 valence electrons. The van der Waals surface area contributed by atoms with Crippen molar-refractivity contribution in [2.45, 2.75) is 18.9 Å². The lowest BCUT2D eigenvalue weighted by atomic mass is 9.87. The number of nitrogens with two attached hydrogens (primary N) is 1. The van der Waals surface area contributed by atoms with E-state index < -0.39 is 0 Å². The van der Waals surface area contributed by atoms with E-state index >= 15 is 0 Å². The van der Waals surface area contributed by atoms with Gasteiger partial charge in [0.1, 0.15) is 5.75 Å². The van der Waals surface area contributed by atoms with Gasteiger partial charge in [0, 0.05) is 24.4 Å². The molecule has 0 amide bonds. The molecule has 2 atom stereocenters. The van der Waals surface area contributed by atoms with Gasteiger partial charge in [0.2, 0.25) is 0 Å². The third-order valence-electron chi connectivity index (χ3n) is 3.90. The van der Waals surface area contributed by atoms with E-state index in [1.807, 2.05) is 36.7 Å². The molecule has 1 aromatic carbocycles. The number of nitrogens with one attached hydrogen (secondary N) is 1. The second-order valence-corrected chi connectivity index (χ2v) is 5.22. The lowest BCUT2D eigenvalue weighted by molar-refractivity contribution is 0.183. The zero-order valence-electron chi connectivity index (χ0n) is 11.3. The van der Waals surface area contributed by atoms with Crippen LogP contribution in [0, 0.1) is 5.92 Å². The van der Waals surface area contributed by atoms with Crippen LogP contribution >= 0.6 is 0 Å². The number of hydrazine groups is 1. The molecular formula is C16H19N3O. The molecule has 1 aliphatic rings. The fourth-order valence-corrected chi connectivity index (χ4v) is 2.74. The summed E-state index contributed by atoms with van der Waals surface area (Å²) in [7, 11) is 0. The fourth-order valence-electron chi connectivity index (χ4n) is 2.74. The maximum Gasteiger partial charge on any atom is 0.122 e. The first-order chi connectivity index (χ1) is 9.86. The van der Waals surface area contributed by atoms with E-state index in [9.17, 15) is 0 Å². The second-order valence-electron chi connectivity index (χ2n) is 5.22. The molecule has 0 saturated carbocycles. The lowest BCUT2D eigenvalue weighted by Crippen LogP contribution is -2.46. The number of ether oxygens (including phenoxy) is 1. The number of rotatable bonds is 4. The Bertz CT molecular complexity index is 559. The van der Waals surface area contributed by atoms with E-state index in [4.69, 9.17) is 10.6 Å². The van der Waals surface area contributed by atoms with Gasteiger partial charge in [-0.15, -0.1) is 0 Å². The van der Waals surface area contributed by atoms with Gasteiger partial charge in [-0.1, -0.05) is 18.2 Å². The molecule has 20 heavy (non-hydrogen) atoms. The molecule has 0 spiro atoms. The normalized spacial score (nSPS) is 18.9. The highest BCUT2D eigenvalue weighted by Crippen LogP contribution is 2.28. The third-order valence-corrected chi connectivity index (χ3v) is 3.90. The van der Waals surface area contributed by atoms with Gasteiger partial charge in [-0.2, -0.15) is 0 Å². The number of pyridine rings is 1. The van der Waals surface area contributed by atoms with Crippen molar-refractivity contribution in [2.75, 3.05) is 6.61 Å². The average Bonchev–Trinajstić information content (AvgIpc) is 2.53. The maximum atomic E-state index is 5.85. The van der Waals surface area contributed by atoms with Gasteiger partial charge in [-0.3, -0.25) is 16.3 Å². The molecule has 1 aliphatic heterocycles. The van der Waals surface area contributed by atoms with Crippen molar-refractivity contribution in [2.24, 2.45) is 11.8 Å². The minimum atomic E-state index is 0.200. The predicted molar refractivity (Wildman–Crippen MR) is 78.2 cm³/mol. The van der Waals surface area contributed by atoms with Crippen molar-refractivity contribution in [3.05, 3.63) is 59.9 Å². The van der Waals surface area contributed by atoms with Crippen LogP contribution in [0.15, 0.2) is 48.8 Å². The monoisotopic (exact) mass is 269 g/mol. The summed E-state index contributed by atoms with van der Waals surface area (Å²) in [6.45, 7) is 0.705. The van der Waals surface area contributed by atoms with Gasteiger partial charge < -0.3 is 4.74 Å². The summed E-state index contributed by atoms with van der Waals surface area (Å²) in [4.78, 5) is 4.04. The van der Waals surface area contributed by atoms with Gasteiger partial charge >= 0.3 is 0 Å². The number of aromatic nitrogens is 1. The predicted octanol–water partition coefficient (Wildman–Crippen LogP) is 1.71. The van der Waals surface area contributed by atoms with E-state index in [1.54, 1.807) is 0 Å². The highest BCUT2D eigenvalue weighted by molar-refractivity contribution is 5.35. The SMILES string of the molecule is NNC(Cc1ccncc1)C1COc2ccccc2C1. The Hall–Kier alpha value is -1.91. The highest BCUT2D eigenvalue weighted by atomic mass is 16.5. The van der Waals surface area contributed by atoms with Crippen molar-refractivity contribution in [1.82, 2.24) is 10.4 Å². The van der Waals surface area contributed by atoms with Gasteiger partial charge in [0.05, 0.1) is 6.61 Å². The molecule has 0 fully saturated rings. The average molecular weight is 269 g/mol. The Balaban J connectivity index is 1.72. The molecule has 3 rings (SSSR count). The summed E-state index contributed by atoms with van der Waals surface area (Å²) in [6, 6.07) is 12.5. The summed E-state index contributed by atoms with van der Waals surface area (Å²) < 4.78 is 5.85. The van der Waals surface area contributed by atoms with Crippen LogP contribution in [0.25, 0.3) is 0 Å². The summed E-state index contributed by atoms with van der Waals surface area (Å²) in [5.74, 6) is 7.13. The maximum absolute atomic E-state index is 5.85. The molecule has 2 heterocycles. The van der Waals surface area contributed by atoms with Gasteiger partial charge in [0.15, 0.2) is 0 Å². The van der Waals surface area contributed by atoms with Crippen LogP contribution in [0.1, 0.15) is 11.1 Å². The second kappa shape index (κ2) is 6.03. The number of hydrogen-bond donors (Lipinski definition) is 2. The Morgan fingerprint density at radius 1 is 1.25 bits per heavy atom. The first kappa shape index (κ1) is 13.1. The van der Waals surface area contributed by atoms with Crippen molar-refractivity contribution < 1.29 is 4.74 Å². The van der Waals surface area contributed by atoms with E-state index in [2.05, 4.69) is 22.5 Å². The topological polar surface area (TPSA) is 60.2 Å².